The summed E-state index contributed by atoms with van der Waals surface area (Å²) < 4.78 is 18.2. The molecule has 0 amide bonds. The maximum Gasteiger partial charge on any atom is 0.240 e. The molecular formula is C117H77N15. The number of benzene rings is 16. The van der Waals surface area contributed by atoms with Crippen LogP contribution in [0.5, 0.6) is 0 Å². The quantitative estimate of drug-likeness (QED) is 0.0942. The molecule has 0 atom stereocenters. The summed E-state index contributed by atoms with van der Waals surface area (Å²) in [5.41, 5.74) is 25.1. The van der Waals surface area contributed by atoms with Gasteiger partial charge >= 0.3 is 0 Å². The molecule has 0 aliphatic carbocycles. The number of hydrogen-bond donors (Lipinski definition) is 0. The minimum atomic E-state index is 0.433. The zero-order valence-electron chi connectivity index (χ0n) is 71.2. The van der Waals surface area contributed by atoms with Gasteiger partial charge in [0.1, 0.15) is 28.8 Å². The molecule has 26 rings (SSSR count). The molecule has 10 heterocycles. The van der Waals surface area contributed by atoms with Crippen LogP contribution in [0.15, 0.2) is 467 Å². The first kappa shape index (κ1) is 76.2. The third-order valence-corrected chi connectivity index (χ3v) is 25.0. The van der Waals surface area contributed by atoms with E-state index in [-0.39, 0.29) is 0 Å². The average molecular weight is 1690 g/mol. The highest BCUT2D eigenvalue weighted by Crippen LogP contribution is 2.47. The van der Waals surface area contributed by atoms with Crippen molar-refractivity contribution in [2.24, 2.45) is 0 Å². The average Bonchev–Trinajstić information content (AvgIpc) is 1.55. The van der Waals surface area contributed by atoms with Crippen molar-refractivity contribution in [1.82, 2.24) is 71.4 Å². The highest BCUT2D eigenvalue weighted by Gasteiger charge is 2.35. The number of rotatable bonds is 16. The Morgan fingerprint density at radius 3 is 0.614 bits per heavy atom. The summed E-state index contributed by atoms with van der Waals surface area (Å²) in [4.78, 5) is 39.7. The van der Waals surface area contributed by atoms with Gasteiger partial charge < -0.3 is 9.13 Å². The summed E-state index contributed by atoms with van der Waals surface area (Å²) >= 11 is 0. The Kier molecular flexibility index (Phi) is 18.5. The minimum absolute atomic E-state index is 0.433. The van der Waals surface area contributed by atoms with Gasteiger partial charge in [0.15, 0.2) is 23.3 Å². The van der Waals surface area contributed by atoms with Gasteiger partial charge in [-0.3, -0.25) is 27.4 Å². The van der Waals surface area contributed by atoms with E-state index < -0.39 is 0 Å². The predicted molar refractivity (Wildman–Crippen MR) is 536 cm³/mol. The van der Waals surface area contributed by atoms with Crippen LogP contribution in [0.25, 0.3) is 225 Å². The molecule has 15 heteroatoms. The monoisotopic (exact) mass is 1690 g/mol. The molecule has 0 saturated carbocycles. The van der Waals surface area contributed by atoms with Crippen LogP contribution in [0.4, 0.5) is 0 Å². The zero-order valence-corrected chi connectivity index (χ0v) is 71.2. The Balaban J connectivity index is 0.000000142. The third kappa shape index (κ3) is 12.9. The van der Waals surface area contributed by atoms with Crippen LogP contribution in [0.2, 0.25) is 0 Å². The van der Waals surface area contributed by atoms with Gasteiger partial charge in [-0.05, 0) is 125 Å². The number of aromatic nitrogens is 15. The molecule has 0 unspecified atom stereocenters. The van der Waals surface area contributed by atoms with E-state index in [2.05, 4.69) is 443 Å². The lowest BCUT2D eigenvalue weighted by atomic mass is 10.1. The van der Waals surface area contributed by atoms with Crippen molar-refractivity contribution in [2.75, 3.05) is 0 Å². The lowest BCUT2D eigenvalue weighted by Crippen LogP contribution is -2.18. The van der Waals surface area contributed by atoms with Crippen molar-refractivity contribution in [3.63, 3.8) is 0 Å². The normalized spacial score (nSPS) is 11.6. The van der Waals surface area contributed by atoms with Gasteiger partial charge in [0.2, 0.25) is 11.9 Å². The number of nitrogens with zero attached hydrogens (tertiary/aromatic N) is 15. The van der Waals surface area contributed by atoms with E-state index in [0.717, 1.165) is 201 Å². The number of para-hydroxylation sites is 11. The lowest BCUT2D eigenvalue weighted by molar-refractivity contribution is 0.864. The molecule has 10 aromatic heterocycles. The summed E-state index contributed by atoms with van der Waals surface area (Å²) in [5.74, 6) is 5.90. The van der Waals surface area contributed by atoms with Crippen molar-refractivity contribution in [3.05, 3.63) is 467 Å². The summed E-state index contributed by atoms with van der Waals surface area (Å²) in [5, 5.41) is 5.50. The minimum Gasteiger partial charge on any atom is -0.303 e. The predicted octanol–water partition coefficient (Wildman–Crippen LogP) is 28.0. The van der Waals surface area contributed by atoms with Gasteiger partial charge in [0.05, 0.1) is 89.2 Å². The molecule has 26 aromatic rings. The van der Waals surface area contributed by atoms with Crippen LogP contribution < -0.4 is 0 Å². The fourth-order valence-corrected chi connectivity index (χ4v) is 19.2. The summed E-state index contributed by atoms with van der Waals surface area (Å²) in [6, 6.07) is 163. The molecule has 0 bridgehead atoms. The van der Waals surface area contributed by atoms with E-state index in [1.165, 1.54) is 0 Å². The number of fused-ring (bicyclic) bond motifs is 8. The van der Waals surface area contributed by atoms with Crippen molar-refractivity contribution in [2.45, 2.75) is 0 Å². The van der Waals surface area contributed by atoms with Gasteiger partial charge in [-0.1, -0.05) is 370 Å². The second kappa shape index (κ2) is 32.0. The van der Waals surface area contributed by atoms with Crippen molar-refractivity contribution in [1.29, 1.82) is 0 Å². The lowest BCUT2D eigenvalue weighted by Gasteiger charge is -2.24. The summed E-state index contributed by atoms with van der Waals surface area (Å²) in [6.45, 7) is 0. The molecule has 0 aliphatic rings. The first-order valence-corrected chi connectivity index (χ1v) is 44.3. The first-order chi connectivity index (χ1) is 65.5. The van der Waals surface area contributed by atoms with Gasteiger partial charge in [0.25, 0.3) is 0 Å². The Bertz CT molecular complexity index is 8080. The molecule has 0 aliphatic heterocycles. The van der Waals surface area contributed by atoms with E-state index in [1.54, 1.807) is 0 Å². The van der Waals surface area contributed by atoms with Crippen molar-refractivity contribution < 1.29 is 0 Å². The van der Waals surface area contributed by atoms with Crippen molar-refractivity contribution in [3.8, 4) is 137 Å². The largest absolute Gasteiger partial charge is 0.303 e. The Morgan fingerprint density at radius 2 is 0.326 bits per heavy atom. The SMILES string of the molecule is c1ccc(-c2cc3ccccc3n2-c2c(-n3c(-c4ccccc4)nc4ccccc43)nc(-n3c(-c4ccccc4)nc4ccccc43)nc2-n2c(-c3ccccc3)nc3ccccc32)cc1.c1ccc(-c2cc3ccccc3n2-c2nc(-n3c(-c4ccccc4)cc4ccccc43)c(-n3c(-c4ccccc4)cc4ccccc43)c(-n3c(-c4ccccc4)cc4ccccc43)n2)cc1. The van der Waals surface area contributed by atoms with E-state index >= 15 is 0 Å². The smallest absolute Gasteiger partial charge is 0.240 e. The third-order valence-electron chi connectivity index (χ3n) is 25.0. The van der Waals surface area contributed by atoms with Crippen LogP contribution >= 0.6 is 0 Å². The van der Waals surface area contributed by atoms with Crippen LogP contribution in [-0.4, -0.2) is 71.4 Å². The summed E-state index contributed by atoms with van der Waals surface area (Å²) in [7, 11) is 0. The Morgan fingerprint density at radius 1 is 0.136 bits per heavy atom. The molecule has 0 saturated heterocycles. The maximum absolute atomic E-state index is 5.96. The zero-order chi connectivity index (χ0) is 87.1. The van der Waals surface area contributed by atoms with E-state index in [1.807, 2.05) is 60.7 Å². The molecule has 16 aromatic carbocycles. The number of hydrogen-bond acceptors (Lipinski definition) is 7. The standard InChI is InChI=1S/C60H40N6.C57H37N9/c1-5-21-41(22-6-1)53-37-45-29-13-17-33-49(45)63(53)57-58(64-50-34-18-14-30-46(50)38-54(64)42-23-7-2-8-24-42)61-60(66-52-36-20-16-32-48(52)40-56(66)44-27-11-4-12-28-44)62-59(57)65-51-35-19-15-31-47(51)39-55(65)43-25-9-3-10-26-43;1-5-21-38(22-6-1)50-37-42-29-13-17-33-46(42)63(50)51-55(64-47-34-18-14-30-43(47)58-52(64)39-23-7-2-8-24-39)61-57(66-49-36-20-16-32-45(49)60-54(66)41-27-11-4-12-28-41)62-56(51)65-48-35-19-15-31-44(48)59-53(65)40-25-9-3-10-26-40/h1-40H;1-37H. The highest BCUT2D eigenvalue weighted by molar-refractivity contribution is 5.99. The van der Waals surface area contributed by atoms with E-state index in [9.17, 15) is 0 Å². The van der Waals surface area contributed by atoms with E-state index in [0.29, 0.717) is 23.5 Å². The van der Waals surface area contributed by atoms with Crippen LogP contribution in [-0.2, 0) is 0 Å². The Hall–Kier alpha value is -18.2. The van der Waals surface area contributed by atoms with Gasteiger partial charge in [-0.25, -0.2) is 15.0 Å². The fourth-order valence-electron chi connectivity index (χ4n) is 19.2. The molecule has 132 heavy (non-hydrogen) atoms. The molecule has 15 nitrogen and oxygen atoms in total. The Labute approximate surface area is 758 Å². The second-order valence-corrected chi connectivity index (χ2v) is 32.9. The molecule has 0 spiro atoms. The molecule has 0 fully saturated rings. The van der Waals surface area contributed by atoms with Crippen LogP contribution in [0, 0.1) is 0 Å². The van der Waals surface area contributed by atoms with Crippen molar-refractivity contribution >= 4 is 87.6 Å². The second-order valence-electron chi connectivity index (χ2n) is 32.9. The highest BCUT2D eigenvalue weighted by atomic mass is 15.3. The van der Waals surface area contributed by atoms with Crippen LogP contribution in [0.1, 0.15) is 0 Å². The van der Waals surface area contributed by atoms with Gasteiger partial charge in [-0.2, -0.15) is 19.9 Å². The number of imidazole rings is 3. The molecular weight excluding hydrogens is 1620 g/mol. The topological polar surface area (TPSA) is 130 Å². The molecule has 0 N–H and O–H groups in total. The first-order valence-electron chi connectivity index (χ1n) is 44.3. The fraction of sp³-hybridized carbons (Fsp3) is 0. The summed E-state index contributed by atoms with van der Waals surface area (Å²) in [6.07, 6.45) is 0. The maximum atomic E-state index is 5.96. The van der Waals surface area contributed by atoms with Crippen LogP contribution in [0.3, 0.4) is 0 Å². The molecule has 620 valence electrons. The van der Waals surface area contributed by atoms with E-state index in [4.69, 9.17) is 34.9 Å². The molecule has 0 radical (unpaired) electrons. The van der Waals surface area contributed by atoms with Gasteiger partial charge in [0, 0.05) is 43.6 Å². The van der Waals surface area contributed by atoms with Gasteiger partial charge in [-0.15, -0.1) is 0 Å².